The number of halogens is 1. The number of rotatable bonds is 5. The zero-order chi connectivity index (χ0) is 13.0. The molecule has 3 heteroatoms. The molecular formula is C15H20BrNO. The van der Waals surface area contributed by atoms with Crippen LogP contribution in [-0.2, 0) is 11.3 Å². The van der Waals surface area contributed by atoms with Gasteiger partial charge in [-0.3, -0.25) is 4.79 Å². The van der Waals surface area contributed by atoms with Gasteiger partial charge >= 0.3 is 0 Å². The van der Waals surface area contributed by atoms with E-state index in [0.29, 0.717) is 11.7 Å². The molecular weight excluding hydrogens is 290 g/mol. The summed E-state index contributed by atoms with van der Waals surface area (Å²) in [5.41, 5.74) is 1.32. The van der Waals surface area contributed by atoms with Gasteiger partial charge in [0.2, 0.25) is 0 Å². The fraction of sp³-hybridized carbons (Fsp3) is 0.533. The molecule has 1 saturated carbocycles. The van der Waals surface area contributed by atoms with E-state index in [9.17, 15) is 4.79 Å². The Kier molecular flexibility index (Phi) is 4.95. The van der Waals surface area contributed by atoms with Gasteiger partial charge in [-0.1, -0.05) is 28.1 Å². The fourth-order valence-corrected chi connectivity index (χ4v) is 2.81. The molecule has 2 nitrogen and oxygen atoms in total. The van der Waals surface area contributed by atoms with E-state index in [1.165, 1.54) is 5.56 Å². The van der Waals surface area contributed by atoms with Crippen molar-refractivity contribution in [2.75, 3.05) is 13.6 Å². The fourth-order valence-electron chi connectivity index (χ4n) is 2.55. The first-order valence-electron chi connectivity index (χ1n) is 6.61. The molecule has 0 amide bonds. The monoisotopic (exact) mass is 309 g/mol. The van der Waals surface area contributed by atoms with Crippen LogP contribution >= 0.6 is 15.9 Å². The van der Waals surface area contributed by atoms with Crippen LogP contribution in [0.1, 0.15) is 31.2 Å². The lowest BCUT2D eigenvalue weighted by Gasteiger charge is -2.18. The number of carbonyl (C=O) groups excluding carboxylic acids is 1. The summed E-state index contributed by atoms with van der Waals surface area (Å²) in [7, 11) is 2.13. The summed E-state index contributed by atoms with van der Waals surface area (Å²) in [6.07, 6.45) is 4.03. The van der Waals surface area contributed by atoms with Crippen molar-refractivity contribution in [2.45, 2.75) is 32.2 Å². The Morgan fingerprint density at radius 1 is 1.33 bits per heavy atom. The standard InChI is InChI=1S/C15H20BrNO/c1-17(10-9-13-3-2-4-15(13)18)11-12-5-7-14(16)8-6-12/h5-8,13H,2-4,9-11H2,1H3. The van der Waals surface area contributed by atoms with Crippen LogP contribution in [0.4, 0.5) is 0 Å². The summed E-state index contributed by atoms with van der Waals surface area (Å²) in [6.45, 7) is 1.96. The first kappa shape index (κ1) is 13.8. The average Bonchev–Trinajstić information content (AvgIpc) is 2.75. The molecule has 1 aliphatic carbocycles. The average molecular weight is 310 g/mol. The molecule has 1 aromatic rings. The molecule has 18 heavy (non-hydrogen) atoms. The molecule has 0 radical (unpaired) electrons. The van der Waals surface area contributed by atoms with E-state index >= 15 is 0 Å². The molecule has 1 fully saturated rings. The quantitative estimate of drug-likeness (QED) is 0.827. The Labute approximate surface area is 117 Å². The first-order valence-corrected chi connectivity index (χ1v) is 7.40. The van der Waals surface area contributed by atoms with E-state index in [2.05, 4.69) is 52.1 Å². The van der Waals surface area contributed by atoms with Gasteiger partial charge in [-0.05, 0) is 50.6 Å². The molecule has 1 atom stereocenters. The summed E-state index contributed by atoms with van der Waals surface area (Å²) in [4.78, 5) is 13.9. The predicted octanol–water partition coefficient (Wildman–Crippen LogP) is 3.64. The molecule has 1 unspecified atom stereocenters. The molecule has 0 heterocycles. The maximum Gasteiger partial charge on any atom is 0.136 e. The van der Waals surface area contributed by atoms with Gasteiger partial charge in [-0.15, -0.1) is 0 Å². The summed E-state index contributed by atoms with van der Waals surface area (Å²) in [6, 6.07) is 8.43. The zero-order valence-corrected chi connectivity index (χ0v) is 12.4. The lowest BCUT2D eigenvalue weighted by atomic mass is 10.0. The van der Waals surface area contributed by atoms with Crippen molar-refractivity contribution in [3.63, 3.8) is 0 Å². The van der Waals surface area contributed by atoms with E-state index in [-0.39, 0.29) is 0 Å². The molecule has 1 aromatic carbocycles. The SMILES string of the molecule is CN(CCC1CCCC1=O)Cc1ccc(Br)cc1. The van der Waals surface area contributed by atoms with Crippen LogP contribution in [0, 0.1) is 5.92 Å². The molecule has 2 rings (SSSR count). The minimum atomic E-state index is 0.331. The number of nitrogens with zero attached hydrogens (tertiary/aromatic N) is 1. The molecule has 0 N–H and O–H groups in total. The van der Waals surface area contributed by atoms with Gasteiger partial charge in [0.1, 0.15) is 5.78 Å². The van der Waals surface area contributed by atoms with Crippen molar-refractivity contribution in [1.29, 1.82) is 0 Å². The van der Waals surface area contributed by atoms with Crippen molar-refractivity contribution in [3.8, 4) is 0 Å². The molecule has 1 aliphatic rings. The van der Waals surface area contributed by atoms with Gasteiger partial charge in [0.15, 0.2) is 0 Å². The third-order valence-electron chi connectivity index (χ3n) is 3.66. The van der Waals surface area contributed by atoms with Crippen LogP contribution < -0.4 is 0 Å². The Bertz CT molecular complexity index is 401. The molecule has 0 saturated heterocycles. The van der Waals surface area contributed by atoms with Crippen molar-refractivity contribution < 1.29 is 4.79 Å². The maximum atomic E-state index is 11.6. The highest BCUT2D eigenvalue weighted by Gasteiger charge is 2.23. The van der Waals surface area contributed by atoms with E-state index in [1.807, 2.05) is 0 Å². The van der Waals surface area contributed by atoms with E-state index in [4.69, 9.17) is 0 Å². The van der Waals surface area contributed by atoms with Crippen molar-refractivity contribution >= 4 is 21.7 Å². The number of hydrogen-bond acceptors (Lipinski definition) is 2. The molecule has 98 valence electrons. The minimum absolute atomic E-state index is 0.331. The van der Waals surface area contributed by atoms with Crippen LogP contribution in [-0.4, -0.2) is 24.3 Å². The Hall–Kier alpha value is -0.670. The summed E-state index contributed by atoms with van der Waals surface area (Å²) < 4.78 is 1.12. The molecule has 0 aromatic heterocycles. The zero-order valence-electron chi connectivity index (χ0n) is 10.9. The topological polar surface area (TPSA) is 20.3 Å². The Morgan fingerprint density at radius 3 is 2.67 bits per heavy atom. The van der Waals surface area contributed by atoms with Crippen LogP contribution in [0.5, 0.6) is 0 Å². The second-order valence-electron chi connectivity index (χ2n) is 5.21. The van der Waals surface area contributed by atoms with Crippen LogP contribution in [0.15, 0.2) is 28.7 Å². The highest BCUT2D eigenvalue weighted by atomic mass is 79.9. The van der Waals surface area contributed by atoms with Gasteiger partial charge in [-0.25, -0.2) is 0 Å². The summed E-state index contributed by atoms with van der Waals surface area (Å²) in [5.74, 6) is 0.810. The summed E-state index contributed by atoms with van der Waals surface area (Å²) in [5, 5.41) is 0. The Balaban J connectivity index is 1.76. The van der Waals surface area contributed by atoms with Gasteiger partial charge in [0, 0.05) is 23.4 Å². The number of hydrogen-bond donors (Lipinski definition) is 0. The van der Waals surface area contributed by atoms with Gasteiger partial charge in [0.05, 0.1) is 0 Å². The number of ketones is 1. The van der Waals surface area contributed by atoms with Gasteiger partial charge < -0.3 is 4.90 Å². The second kappa shape index (κ2) is 6.48. The number of benzene rings is 1. The number of carbonyl (C=O) groups is 1. The smallest absolute Gasteiger partial charge is 0.136 e. The number of Topliss-reactive ketones (excluding diaryl/α,β-unsaturated/α-hetero) is 1. The van der Waals surface area contributed by atoms with E-state index in [0.717, 1.165) is 43.2 Å². The van der Waals surface area contributed by atoms with Crippen molar-refractivity contribution in [1.82, 2.24) is 4.90 Å². The highest BCUT2D eigenvalue weighted by Crippen LogP contribution is 2.24. The van der Waals surface area contributed by atoms with Crippen LogP contribution in [0.25, 0.3) is 0 Å². The lowest BCUT2D eigenvalue weighted by Crippen LogP contribution is -2.22. The second-order valence-corrected chi connectivity index (χ2v) is 6.12. The predicted molar refractivity (Wildman–Crippen MR) is 77.4 cm³/mol. The van der Waals surface area contributed by atoms with Crippen LogP contribution in [0.2, 0.25) is 0 Å². The first-order chi connectivity index (χ1) is 8.65. The normalized spacial score (nSPS) is 19.7. The van der Waals surface area contributed by atoms with Crippen molar-refractivity contribution in [2.24, 2.45) is 5.92 Å². The van der Waals surface area contributed by atoms with E-state index < -0.39 is 0 Å². The minimum Gasteiger partial charge on any atom is -0.302 e. The highest BCUT2D eigenvalue weighted by molar-refractivity contribution is 9.10. The van der Waals surface area contributed by atoms with Crippen molar-refractivity contribution in [3.05, 3.63) is 34.3 Å². The largest absolute Gasteiger partial charge is 0.302 e. The van der Waals surface area contributed by atoms with Gasteiger partial charge in [0.25, 0.3) is 0 Å². The van der Waals surface area contributed by atoms with Crippen LogP contribution in [0.3, 0.4) is 0 Å². The van der Waals surface area contributed by atoms with Gasteiger partial charge in [-0.2, -0.15) is 0 Å². The third-order valence-corrected chi connectivity index (χ3v) is 4.18. The lowest BCUT2D eigenvalue weighted by molar-refractivity contribution is -0.120. The Morgan fingerprint density at radius 2 is 2.06 bits per heavy atom. The molecule has 0 bridgehead atoms. The third kappa shape index (κ3) is 3.92. The molecule has 0 spiro atoms. The summed E-state index contributed by atoms with van der Waals surface area (Å²) >= 11 is 3.44. The molecule has 0 aliphatic heterocycles. The van der Waals surface area contributed by atoms with E-state index in [1.54, 1.807) is 0 Å². The maximum absolute atomic E-state index is 11.6.